The average Bonchev–Trinajstić information content (AvgIpc) is 2.62. The van der Waals surface area contributed by atoms with Crippen molar-refractivity contribution < 1.29 is 19.4 Å². The predicted molar refractivity (Wildman–Crippen MR) is 95.7 cm³/mol. The number of phenols is 1. The van der Waals surface area contributed by atoms with Gasteiger partial charge in [0, 0.05) is 11.3 Å². The summed E-state index contributed by atoms with van der Waals surface area (Å²) in [4.78, 5) is 24.3. The van der Waals surface area contributed by atoms with Crippen LogP contribution in [0.5, 0.6) is 11.5 Å². The number of benzene rings is 2. The highest BCUT2D eigenvalue weighted by Gasteiger charge is 2.20. The van der Waals surface area contributed by atoms with Gasteiger partial charge in [0.05, 0.1) is 13.2 Å². The number of methoxy groups -OCH3 is 1. The molecule has 0 aromatic heterocycles. The van der Waals surface area contributed by atoms with E-state index in [4.69, 9.17) is 4.74 Å². The predicted octanol–water partition coefficient (Wildman–Crippen LogP) is 2.78. The van der Waals surface area contributed by atoms with Crippen LogP contribution in [0.25, 0.3) is 0 Å². The Morgan fingerprint density at radius 2 is 1.88 bits per heavy atom. The third-order valence-electron chi connectivity index (χ3n) is 3.90. The third kappa shape index (κ3) is 4.50. The molecule has 0 radical (unpaired) electrons. The molecule has 6 nitrogen and oxygen atoms in total. The lowest BCUT2D eigenvalue weighted by Crippen LogP contribution is -2.37. The largest absolute Gasteiger partial charge is 0.508 e. The molecule has 0 spiro atoms. The zero-order valence-electron chi connectivity index (χ0n) is 14.5. The summed E-state index contributed by atoms with van der Waals surface area (Å²) in [6.45, 7) is 3.65. The van der Waals surface area contributed by atoms with Crippen LogP contribution in [0.2, 0.25) is 0 Å². The van der Waals surface area contributed by atoms with Crippen molar-refractivity contribution in [1.82, 2.24) is 5.32 Å². The minimum Gasteiger partial charge on any atom is -0.508 e. The van der Waals surface area contributed by atoms with Crippen molar-refractivity contribution in [3.63, 3.8) is 0 Å². The number of hydrogen-bond donors (Lipinski definition) is 3. The zero-order valence-corrected chi connectivity index (χ0v) is 14.5. The summed E-state index contributed by atoms with van der Waals surface area (Å²) in [5.41, 5.74) is 2.03. The molecule has 2 rings (SSSR count). The Hall–Kier alpha value is -3.02. The monoisotopic (exact) mass is 342 g/mol. The van der Waals surface area contributed by atoms with E-state index in [1.807, 2.05) is 19.1 Å². The van der Waals surface area contributed by atoms with Gasteiger partial charge in [-0.3, -0.25) is 9.59 Å². The number of aryl methyl sites for hydroxylation is 1. The normalized spacial score (nSPS) is 11.5. The number of carbonyl (C=O) groups is 2. The summed E-state index contributed by atoms with van der Waals surface area (Å²) in [5, 5.41) is 15.1. The van der Waals surface area contributed by atoms with Crippen LogP contribution in [0, 0.1) is 0 Å². The first-order valence-corrected chi connectivity index (χ1v) is 8.02. The Morgan fingerprint density at radius 1 is 1.16 bits per heavy atom. The topological polar surface area (TPSA) is 87.7 Å². The highest BCUT2D eigenvalue weighted by atomic mass is 16.5. The number of hydrogen-bond acceptors (Lipinski definition) is 4. The lowest BCUT2D eigenvalue weighted by atomic mass is 10.1. The van der Waals surface area contributed by atoms with Crippen LogP contribution < -0.4 is 15.4 Å². The lowest BCUT2D eigenvalue weighted by Gasteiger charge is -2.16. The first-order valence-electron chi connectivity index (χ1n) is 8.02. The van der Waals surface area contributed by atoms with Crippen molar-refractivity contribution in [1.29, 1.82) is 0 Å². The van der Waals surface area contributed by atoms with Crippen LogP contribution in [0.4, 0.5) is 5.69 Å². The number of phenolic OH excluding ortho intramolecular Hbond substituents is 1. The standard InChI is InChI=1S/C19H22N2O4/c1-4-13-7-5-6-8-16(13)21-19(24)18(23)20-12(2)15-11-14(25-3)9-10-17(15)22/h5-12,22H,4H2,1-3H3,(H,20,23)(H,21,24)/t12-/m1/s1. The molecule has 1 atom stereocenters. The first kappa shape index (κ1) is 18.3. The van der Waals surface area contributed by atoms with E-state index in [1.54, 1.807) is 31.2 Å². The Balaban J connectivity index is 2.07. The van der Waals surface area contributed by atoms with E-state index < -0.39 is 17.9 Å². The van der Waals surface area contributed by atoms with Gasteiger partial charge in [-0.15, -0.1) is 0 Å². The van der Waals surface area contributed by atoms with E-state index in [2.05, 4.69) is 10.6 Å². The second-order valence-corrected chi connectivity index (χ2v) is 5.58. The molecular weight excluding hydrogens is 320 g/mol. The lowest BCUT2D eigenvalue weighted by molar-refractivity contribution is -0.136. The van der Waals surface area contributed by atoms with E-state index >= 15 is 0 Å². The van der Waals surface area contributed by atoms with Crippen molar-refractivity contribution >= 4 is 17.5 Å². The molecule has 0 bridgehead atoms. The second kappa shape index (κ2) is 8.19. The molecule has 2 aromatic rings. The van der Waals surface area contributed by atoms with Crippen molar-refractivity contribution in [2.45, 2.75) is 26.3 Å². The van der Waals surface area contributed by atoms with Gasteiger partial charge in [0.1, 0.15) is 11.5 Å². The van der Waals surface area contributed by atoms with Crippen molar-refractivity contribution in [3.05, 3.63) is 53.6 Å². The summed E-state index contributed by atoms with van der Waals surface area (Å²) in [7, 11) is 1.51. The zero-order chi connectivity index (χ0) is 18.4. The van der Waals surface area contributed by atoms with Gasteiger partial charge in [-0.25, -0.2) is 0 Å². The molecule has 0 fully saturated rings. The number of aromatic hydroxyl groups is 1. The molecule has 0 saturated heterocycles. The molecule has 2 amide bonds. The van der Waals surface area contributed by atoms with Crippen molar-refractivity contribution in [2.24, 2.45) is 0 Å². The van der Waals surface area contributed by atoms with E-state index in [0.29, 0.717) is 17.0 Å². The van der Waals surface area contributed by atoms with Gasteiger partial charge in [-0.1, -0.05) is 25.1 Å². The highest BCUT2D eigenvalue weighted by Crippen LogP contribution is 2.28. The fraction of sp³-hybridized carbons (Fsp3) is 0.263. The number of anilines is 1. The summed E-state index contributed by atoms with van der Waals surface area (Å²) in [6, 6.07) is 11.5. The third-order valence-corrected chi connectivity index (χ3v) is 3.90. The first-order chi connectivity index (χ1) is 12.0. The van der Waals surface area contributed by atoms with E-state index in [-0.39, 0.29) is 5.75 Å². The van der Waals surface area contributed by atoms with Crippen LogP contribution in [0.1, 0.15) is 31.0 Å². The Bertz CT molecular complexity index is 774. The minimum atomic E-state index is -0.777. The number of carbonyl (C=O) groups excluding carboxylic acids is 2. The number of para-hydroxylation sites is 1. The van der Waals surface area contributed by atoms with Gasteiger partial charge >= 0.3 is 11.8 Å². The molecule has 0 aliphatic carbocycles. The molecule has 3 N–H and O–H groups in total. The number of ether oxygens (including phenoxy) is 1. The molecule has 2 aromatic carbocycles. The van der Waals surface area contributed by atoms with E-state index in [1.165, 1.54) is 13.2 Å². The van der Waals surface area contributed by atoms with Crippen LogP contribution in [-0.4, -0.2) is 24.0 Å². The Morgan fingerprint density at radius 3 is 2.56 bits per heavy atom. The van der Waals surface area contributed by atoms with Gasteiger partial charge in [0.2, 0.25) is 0 Å². The van der Waals surface area contributed by atoms with Crippen molar-refractivity contribution in [2.75, 3.05) is 12.4 Å². The molecule has 0 saturated carbocycles. The Kier molecular flexibility index (Phi) is 6.00. The Labute approximate surface area is 146 Å². The molecule has 132 valence electrons. The van der Waals surface area contributed by atoms with Crippen LogP contribution in [0.15, 0.2) is 42.5 Å². The summed E-state index contributed by atoms with van der Waals surface area (Å²) >= 11 is 0. The minimum absolute atomic E-state index is 0.0188. The maximum absolute atomic E-state index is 12.2. The molecule has 0 heterocycles. The number of nitrogens with one attached hydrogen (secondary N) is 2. The number of rotatable bonds is 5. The average molecular weight is 342 g/mol. The number of amides is 2. The smallest absolute Gasteiger partial charge is 0.313 e. The molecular formula is C19H22N2O4. The summed E-state index contributed by atoms with van der Waals surface area (Å²) in [5.74, 6) is -0.962. The highest BCUT2D eigenvalue weighted by molar-refractivity contribution is 6.39. The van der Waals surface area contributed by atoms with Gasteiger partial charge in [-0.2, -0.15) is 0 Å². The van der Waals surface area contributed by atoms with Gasteiger partial charge in [0.15, 0.2) is 0 Å². The molecule has 0 unspecified atom stereocenters. The summed E-state index contributed by atoms with van der Waals surface area (Å²) in [6.07, 6.45) is 0.742. The van der Waals surface area contributed by atoms with Gasteiger partial charge < -0.3 is 20.5 Å². The van der Waals surface area contributed by atoms with Crippen LogP contribution in [-0.2, 0) is 16.0 Å². The van der Waals surface area contributed by atoms with E-state index in [9.17, 15) is 14.7 Å². The maximum atomic E-state index is 12.2. The van der Waals surface area contributed by atoms with Crippen molar-refractivity contribution in [3.8, 4) is 11.5 Å². The fourth-order valence-electron chi connectivity index (χ4n) is 2.48. The maximum Gasteiger partial charge on any atom is 0.313 e. The van der Waals surface area contributed by atoms with Crippen LogP contribution >= 0.6 is 0 Å². The van der Waals surface area contributed by atoms with E-state index in [0.717, 1.165) is 12.0 Å². The molecule has 25 heavy (non-hydrogen) atoms. The molecule has 0 aliphatic heterocycles. The quantitative estimate of drug-likeness (QED) is 0.729. The van der Waals surface area contributed by atoms with Gasteiger partial charge in [0.25, 0.3) is 0 Å². The second-order valence-electron chi connectivity index (χ2n) is 5.58. The SMILES string of the molecule is CCc1ccccc1NC(=O)C(=O)N[C@H](C)c1cc(OC)ccc1O. The molecule has 6 heteroatoms. The van der Waals surface area contributed by atoms with Crippen LogP contribution in [0.3, 0.4) is 0 Å². The molecule has 0 aliphatic rings. The summed E-state index contributed by atoms with van der Waals surface area (Å²) < 4.78 is 5.11. The van der Waals surface area contributed by atoms with Gasteiger partial charge in [-0.05, 0) is 43.2 Å². The fourth-order valence-corrected chi connectivity index (χ4v) is 2.48.